The first-order chi connectivity index (χ1) is 18.5. The van der Waals surface area contributed by atoms with E-state index in [0.29, 0.717) is 24.4 Å². The number of thioether (sulfide) groups is 1. The van der Waals surface area contributed by atoms with Crippen LogP contribution in [-0.2, 0) is 11.2 Å². The highest BCUT2D eigenvalue weighted by atomic mass is 32.2. The predicted octanol–water partition coefficient (Wildman–Crippen LogP) is 4.31. The molecule has 3 aliphatic rings. The normalized spacial score (nSPS) is 22.0. The number of nitrogens with one attached hydrogen (secondary N) is 2. The van der Waals surface area contributed by atoms with E-state index in [1.807, 2.05) is 48.5 Å². The molecule has 2 aromatic carbocycles. The minimum atomic E-state index is -0.979. The second-order valence-corrected chi connectivity index (χ2v) is 10.9. The Balaban J connectivity index is 1.24. The van der Waals surface area contributed by atoms with Gasteiger partial charge in [-0.25, -0.2) is 14.6 Å². The first kappa shape index (κ1) is 24.3. The molecule has 9 nitrogen and oxygen atoms in total. The van der Waals surface area contributed by atoms with Gasteiger partial charge in [0, 0.05) is 30.9 Å². The second-order valence-electron chi connectivity index (χ2n) is 9.76. The van der Waals surface area contributed by atoms with Crippen molar-refractivity contribution in [3.05, 3.63) is 83.6 Å². The van der Waals surface area contributed by atoms with Gasteiger partial charge in [-0.1, -0.05) is 54.2 Å². The lowest BCUT2D eigenvalue weighted by Gasteiger charge is -2.35. The Kier molecular flexibility index (Phi) is 6.40. The highest BCUT2D eigenvalue weighted by Crippen LogP contribution is 2.50. The van der Waals surface area contributed by atoms with E-state index >= 15 is 0 Å². The van der Waals surface area contributed by atoms with Crippen molar-refractivity contribution in [1.82, 2.24) is 20.5 Å². The maximum Gasteiger partial charge on any atom is 0.407 e. The summed E-state index contributed by atoms with van der Waals surface area (Å²) in [7, 11) is 0. The molecule has 0 aliphatic carbocycles. The number of pyridine rings is 1. The lowest BCUT2D eigenvalue weighted by Crippen LogP contribution is -2.53. The number of amides is 4. The van der Waals surface area contributed by atoms with Crippen LogP contribution in [0, 0.1) is 0 Å². The molecule has 3 atom stereocenters. The van der Waals surface area contributed by atoms with Crippen LogP contribution in [0.4, 0.5) is 21.0 Å². The third-order valence-corrected chi connectivity index (χ3v) is 8.51. The lowest BCUT2D eigenvalue weighted by atomic mass is 9.98. The van der Waals surface area contributed by atoms with Gasteiger partial charge in [-0.3, -0.25) is 9.69 Å². The highest BCUT2D eigenvalue weighted by Gasteiger charge is 2.47. The van der Waals surface area contributed by atoms with Crippen molar-refractivity contribution < 1.29 is 19.5 Å². The highest BCUT2D eigenvalue weighted by molar-refractivity contribution is 8.01. The summed E-state index contributed by atoms with van der Waals surface area (Å²) in [6.45, 7) is 0.735. The Bertz CT molecular complexity index is 1400. The summed E-state index contributed by atoms with van der Waals surface area (Å²) in [6.07, 6.45) is 2.85. The van der Waals surface area contributed by atoms with E-state index in [0.717, 1.165) is 28.9 Å². The Hall–Kier alpha value is -4.05. The molecule has 6 rings (SSSR count). The second kappa shape index (κ2) is 10.0. The van der Waals surface area contributed by atoms with E-state index < -0.39 is 17.4 Å². The van der Waals surface area contributed by atoms with Gasteiger partial charge in [0.15, 0.2) is 0 Å². The first-order valence-electron chi connectivity index (χ1n) is 12.7. The van der Waals surface area contributed by atoms with Crippen molar-refractivity contribution in [1.29, 1.82) is 0 Å². The van der Waals surface area contributed by atoms with Crippen LogP contribution in [0.25, 0.3) is 0 Å². The van der Waals surface area contributed by atoms with Crippen molar-refractivity contribution in [3.8, 4) is 0 Å². The molecule has 2 unspecified atom stereocenters. The molecule has 0 saturated carbocycles. The average Bonchev–Trinajstić information content (AvgIpc) is 3.29. The van der Waals surface area contributed by atoms with Gasteiger partial charge in [-0.2, -0.15) is 0 Å². The molecule has 0 radical (unpaired) electrons. The lowest BCUT2D eigenvalue weighted by molar-refractivity contribution is -0.122. The van der Waals surface area contributed by atoms with Gasteiger partial charge in [0.2, 0.25) is 5.91 Å². The molecule has 0 bridgehead atoms. The number of piperidine rings is 1. The van der Waals surface area contributed by atoms with E-state index in [4.69, 9.17) is 0 Å². The molecular formula is C28H27N5O4S. The van der Waals surface area contributed by atoms with Crippen LogP contribution in [0.3, 0.4) is 0 Å². The molecule has 3 aromatic rings. The minimum absolute atomic E-state index is 0.222. The van der Waals surface area contributed by atoms with Crippen molar-refractivity contribution in [2.75, 3.05) is 18.0 Å². The summed E-state index contributed by atoms with van der Waals surface area (Å²) in [5.41, 5.74) is 4.58. The van der Waals surface area contributed by atoms with Crippen LogP contribution in [0.1, 0.15) is 35.6 Å². The molecule has 1 fully saturated rings. The van der Waals surface area contributed by atoms with E-state index in [2.05, 4.69) is 27.8 Å². The molecule has 3 N–H and O–H groups in total. The Morgan fingerprint density at radius 2 is 1.92 bits per heavy atom. The van der Waals surface area contributed by atoms with Crippen molar-refractivity contribution in [2.45, 2.75) is 41.6 Å². The quantitative estimate of drug-likeness (QED) is 0.454. The number of carbonyl (C=O) groups excluding carboxylic acids is 2. The van der Waals surface area contributed by atoms with E-state index in [1.165, 1.54) is 22.2 Å². The number of likely N-dealkylation sites (tertiary alicyclic amines) is 1. The number of carboxylic acid groups (broad SMARTS) is 1. The van der Waals surface area contributed by atoms with Crippen molar-refractivity contribution >= 4 is 41.2 Å². The summed E-state index contributed by atoms with van der Waals surface area (Å²) in [6, 6.07) is 18.8. The molecule has 4 amide bonds. The van der Waals surface area contributed by atoms with E-state index in [-0.39, 0.29) is 24.5 Å². The summed E-state index contributed by atoms with van der Waals surface area (Å²) in [5, 5.41) is 15.5. The number of hydrogen-bond donors (Lipinski definition) is 3. The average molecular weight is 530 g/mol. The number of nitrogens with zero attached hydrogens (tertiary/aromatic N) is 3. The Labute approximate surface area is 224 Å². The Morgan fingerprint density at radius 3 is 2.74 bits per heavy atom. The summed E-state index contributed by atoms with van der Waals surface area (Å²) in [4.78, 5) is 45.7. The fraction of sp³-hybridized carbons (Fsp3) is 0.286. The van der Waals surface area contributed by atoms with Gasteiger partial charge in [-0.05, 0) is 48.6 Å². The fourth-order valence-electron chi connectivity index (χ4n) is 5.47. The van der Waals surface area contributed by atoms with Crippen LogP contribution < -0.4 is 15.5 Å². The van der Waals surface area contributed by atoms with Crippen LogP contribution >= 0.6 is 11.8 Å². The number of carbonyl (C=O) groups is 3. The monoisotopic (exact) mass is 529 g/mol. The van der Waals surface area contributed by atoms with Crippen LogP contribution in [0.15, 0.2) is 71.9 Å². The maximum atomic E-state index is 13.5. The summed E-state index contributed by atoms with van der Waals surface area (Å²) in [5.74, 6) is -0.222. The first-order valence-corrected chi connectivity index (χ1v) is 13.5. The van der Waals surface area contributed by atoms with Crippen LogP contribution in [0.5, 0.6) is 0 Å². The molecule has 3 aliphatic heterocycles. The largest absolute Gasteiger partial charge is 0.465 e. The topological polar surface area (TPSA) is 115 Å². The predicted molar refractivity (Wildman–Crippen MR) is 144 cm³/mol. The zero-order valence-corrected chi connectivity index (χ0v) is 21.4. The molecule has 38 heavy (non-hydrogen) atoms. The molecule has 194 valence electrons. The maximum absolute atomic E-state index is 13.5. The smallest absolute Gasteiger partial charge is 0.407 e. The van der Waals surface area contributed by atoms with Gasteiger partial charge in [0.1, 0.15) is 10.3 Å². The molecule has 4 heterocycles. The molecular weight excluding hydrogens is 502 g/mol. The number of aromatic nitrogens is 1. The van der Waals surface area contributed by atoms with Gasteiger partial charge in [0.25, 0.3) is 0 Å². The molecule has 1 saturated heterocycles. The standard InChI is InChI=1S/C28H27N5O4S/c34-25(30-19-9-5-13-32(16-19)28(36)37)24-23-22-21(11-12-29-26(22)38-24)33(27(35)31-23)20-10-4-8-18(15-20)14-17-6-2-1-3-7-17/h1-4,6-8,10-12,15,19,23-24H,5,9,13-14,16H2,(H,30,34)(H,31,35)(H,36,37)/t19-,23?,24?/m1/s1. The van der Waals surface area contributed by atoms with Gasteiger partial charge in [-0.15, -0.1) is 0 Å². The number of urea groups is 1. The number of anilines is 2. The SMILES string of the molecule is O=C(N[C@@H]1CCCN(C(=O)O)C1)C1Sc2nccc3c2C1NC(=O)N3c1cccc(Cc2ccccc2)c1. The number of rotatable bonds is 5. The molecule has 1 aromatic heterocycles. The molecule has 0 spiro atoms. The van der Waals surface area contributed by atoms with E-state index in [9.17, 15) is 19.5 Å². The third kappa shape index (κ3) is 4.56. The number of hydrogen-bond acceptors (Lipinski definition) is 5. The van der Waals surface area contributed by atoms with Gasteiger partial charge in [0.05, 0.1) is 17.4 Å². The van der Waals surface area contributed by atoms with E-state index in [1.54, 1.807) is 11.1 Å². The number of benzene rings is 2. The van der Waals surface area contributed by atoms with Crippen molar-refractivity contribution in [3.63, 3.8) is 0 Å². The zero-order chi connectivity index (χ0) is 26.2. The summed E-state index contributed by atoms with van der Waals surface area (Å²) < 4.78 is 0. The third-order valence-electron chi connectivity index (χ3n) is 7.22. The van der Waals surface area contributed by atoms with Crippen molar-refractivity contribution in [2.24, 2.45) is 0 Å². The van der Waals surface area contributed by atoms with Crippen LogP contribution in [-0.4, -0.2) is 57.4 Å². The van der Waals surface area contributed by atoms with Gasteiger partial charge < -0.3 is 20.6 Å². The molecule has 10 heteroatoms. The fourth-order valence-corrected chi connectivity index (χ4v) is 6.71. The summed E-state index contributed by atoms with van der Waals surface area (Å²) >= 11 is 1.34. The Morgan fingerprint density at radius 1 is 1.11 bits per heavy atom. The van der Waals surface area contributed by atoms with Crippen LogP contribution in [0.2, 0.25) is 0 Å². The minimum Gasteiger partial charge on any atom is -0.465 e. The van der Waals surface area contributed by atoms with Gasteiger partial charge >= 0.3 is 12.1 Å². The zero-order valence-electron chi connectivity index (χ0n) is 20.5.